The Morgan fingerprint density at radius 1 is 1.00 bits per heavy atom. The number of hydrogen-bond donors (Lipinski definition) is 1. The Labute approximate surface area is 106 Å². The molecule has 17 heavy (non-hydrogen) atoms. The molecule has 0 aromatic carbocycles. The van der Waals surface area contributed by atoms with Crippen LogP contribution in [0.3, 0.4) is 0 Å². The molecule has 102 valence electrons. The lowest BCUT2D eigenvalue weighted by atomic mass is 10.0. The predicted octanol–water partition coefficient (Wildman–Crippen LogP) is 3.39. The molecule has 1 N–H and O–H groups in total. The van der Waals surface area contributed by atoms with E-state index in [4.69, 9.17) is 5.11 Å². The van der Waals surface area contributed by atoms with Crippen molar-refractivity contribution in [3.05, 3.63) is 0 Å². The van der Waals surface area contributed by atoms with Crippen molar-refractivity contribution in [1.29, 1.82) is 0 Å². The zero-order valence-electron chi connectivity index (χ0n) is 11.7. The van der Waals surface area contributed by atoms with Crippen LogP contribution in [-0.4, -0.2) is 36.6 Å². The van der Waals surface area contributed by atoms with Gasteiger partial charge >= 0.3 is 5.97 Å². The number of carbonyl (C=O) groups is 1. The summed E-state index contributed by atoms with van der Waals surface area (Å²) in [6.07, 6.45) is 9.57. The Kier molecular flexibility index (Phi) is 10.2. The van der Waals surface area contributed by atoms with Gasteiger partial charge in [-0.05, 0) is 33.5 Å². The summed E-state index contributed by atoms with van der Waals surface area (Å²) in [5.41, 5.74) is 0. The Balaban J connectivity index is 3.11. The summed E-state index contributed by atoms with van der Waals surface area (Å²) in [7, 11) is 4.23. The molecular weight excluding hydrogens is 214 g/mol. The van der Waals surface area contributed by atoms with Gasteiger partial charge < -0.3 is 10.0 Å². The third kappa shape index (κ3) is 11.7. The van der Waals surface area contributed by atoms with Crippen LogP contribution in [0.1, 0.15) is 58.3 Å². The van der Waals surface area contributed by atoms with E-state index in [1.807, 2.05) is 0 Å². The van der Waals surface area contributed by atoms with E-state index in [-0.39, 0.29) is 5.92 Å². The van der Waals surface area contributed by atoms with Gasteiger partial charge in [-0.3, -0.25) is 4.79 Å². The first-order valence-electron chi connectivity index (χ1n) is 6.91. The molecular formula is C14H29NO2. The standard InChI is InChI=1S/C14H29NO2/c1-13(14(16)17)11-9-7-5-4-6-8-10-12-15(2)3/h13H,4-12H2,1-3H3,(H,16,17). The summed E-state index contributed by atoms with van der Waals surface area (Å²) in [6, 6.07) is 0. The Morgan fingerprint density at radius 3 is 1.94 bits per heavy atom. The highest BCUT2D eigenvalue weighted by Gasteiger charge is 2.09. The second-order valence-corrected chi connectivity index (χ2v) is 5.31. The minimum atomic E-state index is -0.659. The number of hydrogen-bond acceptors (Lipinski definition) is 2. The molecule has 3 heteroatoms. The number of nitrogens with zero attached hydrogens (tertiary/aromatic N) is 1. The molecule has 1 atom stereocenters. The Hall–Kier alpha value is -0.570. The molecule has 0 aromatic rings. The van der Waals surface area contributed by atoms with E-state index < -0.39 is 5.97 Å². The monoisotopic (exact) mass is 243 g/mol. The quantitative estimate of drug-likeness (QED) is 0.565. The maximum absolute atomic E-state index is 10.6. The van der Waals surface area contributed by atoms with Crippen molar-refractivity contribution < 1.29 is 9.90 Å². The lowest BCUT2D eigenvalue weighted by molar-refractivity contribution is -0.141. The SMILES string of the molecule is CC(CCCCCCCCCN(C)C)C(=O)O. The fourth-order valence-corrected chi connectivity index (χ4v) is 1.89. The molecule has 0 aliphatic rings. The van der Waals surface area contributed by atoms with E-state index in [0.717, 1.165) is 12.8 Å². The van der Waals surface area contributed by atoms with Crippen molar-refractivity contribution in [1.82, 2.24) is 4.90 Å². The number of aliphatic carboxylic acids is 1. The first-order valence-corrected chi connectivity index (χ1v) is 6.91. The molecule has 0 bridgehead atoms. The maximum Gasteiger partial charge on any atom is 0.306 e. The number of carboxylic acids is 1. The van der Waals surface area contributed by atoms with E-state index in [2.05, 4.69) is 19.0 Å². The average Bonchev–Trinajstić information content (AvgIpc) is 2.25. The molecule has 0 amide bonds. The highest BCUT2D eigenvalue weighted by molar-refractivity contribution is 5.69. The van der Waals surface area contributed by atoms with Crippen molar-refractivity contribution in [2.75, 3.05) is 20.6 Å². The van der Waals surface area contributed by atoms with Crippen molar-refractivity contribution in [2.45, 2.75) is 58.3 Å². The second-order valence-electron chi connectivity index (χ2n) is 5.31. The fraction of sp³-hybridized carbons (Fsp3) is 0.929. The zero-order chi connectivity index (χ0) is 13.1. The molecule has 1 unspecified atom stereocenters. The van der Waals surface area contributed by atoms with Crippen LogP contribution in [0.15, 0.2) is 0 Å². The van der Waals surface area contributed by atoms with Gasteiger partial charge in [-0.15, -0.1) is 0 Å². The third-order valence-corrected chi connectivity index (χ3v) is 3.16. The second kappa shape index (κ2) is 10.6. The normalized spacial score (nSPS) is 12.9. The van der Waals surface area contributed by atoms with E-state index in [1.54, 1.807) is 6.92 Å². The molecule has 0 saturated carbocycles. The van der Waals surface area contributed by atoms with Gasteiger partial charge in [0.15, 0.2) is 0 Å². The van der Waals surface area contributed by atoms with Crippen LogP contribution < -0.4 is 0 Å². The van der Waals surface area contributed by atoms with Gasteiger partial charge in [0.2, 0.25) is 0 Å². The summed E-state index contributed by atoms with van der Waals surface area (Å²) in [5.74, 6) is -0.830. The predicted molar refractivity (Wildman–Crippen MR) is 72.3 cm³/mol. The molecule has 0 aliphatic heterocycles. The average molecular weight is 243 g/mol. The van der Waals surface area contributed by atoms with E-state index in [1.165, 1.54) is 45.1 Å². The summed E-state index contributed by atoms with van der Waals surface area (Å²) in [4.78, 5) is 12.8. The molecule has 0 rings (SSSR count). The van der Waals surface area contributed by atoms with Gasteiger partial charge in [0.25, 0.3) is 0 Å². The van der Waals surface area contributed by atoms with Crippen LogP contribution >= 0.6 is 0 Å². The van der Waals surface area contributed by atoms with Crippen LogP contribution in [0, 0.1) is 5.92 Å². The molecule has 0 spiro atoms. The molecule has 0 radical (unpaired) electrons. The third-order valence-electron chi connectivity index (χ3n) is 3.16. The lowest BCUT2D eigenvalue weighted by Crippen LogP contribution is -2.12. The van der Waals surface area contributed by atoms with Crippen molar-refractivity contribution in [3.63, 3.8) is 0 Å². The van der Waals surface area contributed by atoms with Crippen molar-refractivity contribution in [3.8, 4) is 0 Å². The van der Waals surface area contributed by atoms with Crippen LogP contribution in [0.5, 0.6) is 0 Å². The molecule has 0 saturated heterocycles. The van der Waals surface area contributed by atoms with Crippen molar-refractivity contribution in [2.24, 2.45) is 5.92 Å². The van der Waals surface area contributed by atoms with Crippen LogP contribution in [-0.2, 0) is 4.79 Å². The summed E-state index contributed by atoms with van der Waals surface area (Å²) < 4.78 is 0. The Morgan fingerprint density at radius 2 is 1.47 bits per heavy atom. The molecule has 0 heterocycles. The van der Waals surface area contributed by atoms with Gasteiger partial charge in [0.1, 0.15) is 0 Å². The van der Waals surface area contributed by atoms with Crippen molar-refractivity contribution >= 4 is 5.97 Å². The van der Waals surface area contributed by atoms with E-state index >= 15 is 0 Å². The van der Waals surface area contributed by atoms with Gasteiger partial charge in [0, 0.05) is 0 Å². The minimum absolute atomic E-state index is 0.171. The molecule has 0 aromatic heterocycles. The highest BCUT2D eigenvalue weighted by atomic mass is 16.4. The Bertz CT molecular complexity index is 193. The topological polar surface area (TPSA) is 40.5 Å². The number of rotatable bonds is 11. The number of carboxylic acid groups (broad SMARTS) is 1. The van der Waals surface area contributed by atoms with Crippen LogP contribution in [0.2, 0.25) is 0 Å². The van der Waals surface area contributed by atoms with Crippen LogP contribution in [0.25, 0.3) is 0 Å². The summed E-state index contributed by atoms with van der Waals surface area (Å²) in [6.45, 7) is 2.99. The molecule has 3 nitrogen and oxygen atoms in total. The fourth-order valence-electron chi connectivity index (χ4n) is 1.89. The van der Waals surface area contributed by atoms with Crippen LogP contribution in [0.4, 0.5) is 0 Å². The minimum Gasteiger partial charge on any atom is -0.481 e. The largest absolute Gasteiger partial charge is 0.481 e. The smallest absolute Gasteiger partial charge is 0.306 e. The molecule has 0 aliphatic carbocycles. The van der Waals surface area contributed by atoms with Gasteiger partial charge in [-0.25, -0.2) is 0 Å². The van der Waals surface area contributed by atoms with E-state index in [0.29, 0.717) is 0 Å². The summed E-state index contributed by atoms with van der Waals surface area (Å²) >= 11 is 0. The van der Waals surface area contributed by atoms with Gasteiger partial charge in [-0.2, -0.15) is 0 Å². The zero-order valence-corrected chi connectivity index (χ0v) is 11.7. The highest BCUT2D eigenvalue weighted by Crippen LogP contribution is 2.12. The van der Waals surface area contributed by atoms with Gasteiger partial charge in [-0.1, -0.05) is 45.4 Å². The first-order chi connectivity index (χ1) is 8.04. The van der Waals surface area contributed by atoms with Gasteiger partial charge in [0.05, 0.1) is 5.92 Å². The first kappa shape index (κ1) is 16.4. The maximum atomic E-state index is 10.6. The molecule has 0 fully saturated rings. The summed E-state index contributed by atoms with van der Waals surface area (Å²) in [5, 5.41) is 8.72. The number of unbranched alkanes of at least 4 members (excludes halogenated alkanes) is 6. The lowest BCUT2D eigenvalue weighted by Gasteiger charge is -2.08. The van der Waals surface area contributed by atoms with E-state index in [9.17, 15) is 4.79 Å².